The Labute approximate surface area is 98.8 Å². The maximum absolute atomic E-state index is 11.3. The van der Waals surface area contributed by atoms with E-state index in [-0.39, 0.29) is 0 Å². The van der Waals surface area contributed by atoms with Crippen molar-refractivity contribution in [3.63, 3.8) is 0 Å². The van der Waals surface area contributed by atoms with E-state index in [1.54, 1.807) is 20.8 Å². The quantitative estimate of drug-likeness (QED) is 0.673. The van der Waals surface area contributed by atoms with E-state index < -0.39 is 35.6 Å². The number of amides is 1. The SMILES string of the molecule is C[C@H](C(=O)O)[C@H](NC(=O)OC(C)(C)C)C(=O)O. The lowest BCUT2D eigenvalue weighted by molar-refractivity contribution is -0.150. The van der Waals surface area contributed by atoms with Crippen molar-refractivity contribution in [3.05, 3.63) is 0 Å². The maximum Gasteiger partial charge on any atom is 0.408 e. The molecule has 2 atom stereocenters. The van der Waals surface area contributed by atoms with E-state index >= 15 is 0 Å². The summed E-state index contributed by atoms with van der Waals surface area (Å²) in [5.74, 6) is -3.99. The highest BCUT2D eigenvalue weighted by molar-refractivity contribution is 5.86. The number of carboxylic acid groups (broad SMARTS) is 2. The van der Waals surface area contributed by atoms with E-state index in [9.17, 15) is 14.4 Å². The first kappa shape index (κ1) is 15.2. The minimum Gasteiger partial charge on any atom is -0.481 e. The van der Waals surface area contributed by atoms with E-state index in [4.69, 9.17) is 14.9 Å². The molecule has 0 aromatic carbocycles. The molecular weight excluding hydrogens is 230 g/mol. The summed E-state index contributed by atoms with van der Waals surface area (Å²) in [6, 6.07) is -1.53. The number of carboxylic acids is 2. The Morgan fingerprint density at radius 3 is 1.88 bits per heavy atom. The number of aliphatic carboxylic acids is 2. The first-order valence-electron chi connectivity index (χ1n) is 4.99. The molecule has 7 heteroatoms. The molecule has 0 saturated heterocycles. The number of rotatable bonds is 4. The van der Waals surface area contributed by atoms with Gasteiger partial charge in [-0.05, 0) is 27.7 Å². The lowest BCUT2D eigenvalue weighted by Crippen LogP contribution is -2.49. The Kier molecular flexibility index (Phi) is 4.93. The van der Waals surface area contributed by atoms with E-state index in [0.29, 0.717) is 0 Å². The zero-order valence-electron chi connectivity index (χ0n) is 10.2. The summed E-state index contributed by atoms with van der Waals surface area (Å²) in [5, 5.41) is 19.5. The molecule has 98 valence electrons. The Hall–Kier alpha value is -1.79. The molecule has 0 aromatic heterocycles. The average Bonchev–Trinajstić information content (AvgIpc) is 2.09. The van der Waals surface area contributed by atoms with Gasteiger partial charge in [0.25, 0.3) is 0 Å². The molecule has 0 aromatic rings. The van der Waals surface area contributed by atoms with Crippen LogP contribution in [0.25, 0.3) is 0 Å². The number of ether oxygens (including phenoxy) is 1. The topological polar surface area (TPSA) is 113 Å². The molecule has 17 heavy (non-hydrogen) atoms. The second kappa shape index (κ2) is 5.51. The Balaban J connectivity index is 4.62. The number of alkyl carbamates (subject to hydrolysis) is 1. The molecule has 7 nitrogen and oxygen atoms in total. The summed E-state index contributed by atoms with van der Waals surface area (Å²) in [4.78, 5) is 32.8. The number of hydrogen-bond donors (Lipinski definition) is 3. The lowest BCUT2D eigenvalue weighted by Gasteiger charge is -2.23. The van der Waals surface area contributed by atoms with Crippen LogP contribution in [0, 0.1) is 5.92 Å². The second-order valence-electron chi connectivity index (χ2n) is 4.59. The van der Waals surface area contributed by atoms with Crippen LogP contribution in [-0.4, -0.2) is 39.9 Å². The molecule has 0 spiro atoms. The van der Waals surface area contributed by atoms with Gasteiger partial charge in [-0.3, -0.25) is 4.79 Å². The van der Waals surface area contributed by atoms with Crippen molar-refractivity contribution >= 4 is 18.0 Å². The third-order valence-corrected chi connectivity index (χ3v) is 1.83. The Morgan fingerprint density at radius 1 is 1.12 bits per heavy atom. The monoisotopic (exact) mass is 247 g/mol. The van der Waals surface area contributed by atoms with Gasteiger partial charge in [-0.25, -0.2) is 9.59 Å². The highest BCUT2D eigenvalue weighted by Gasteiger charge is 2.32. The van der Waals surface area contributed by atoms with Crippen LogP contribution in [0.15, 0.2) is 0 Å². The standard InChI is InChI=1S/C10H17NO6/c1-5(7(12)13)6(8(14)15)11-9(16)17-10(2,3)4/h5-6H,1-4H3,(H,11,16)(H,12,13)(H,14,15)/t5-,6-/m0/s1. The molecule has 0 radical (unpaired) electrons. The van der Waals surface area contributed by atoms with Gasteiger partial charge in [-0.15, -0.1) is 0 Å². The molecule has 0 aliphatic carbocycles. The van der Waals surface area contributed by atoms with Gasteiger partial charge in [-0.2, -0.15) is 0 Å². The fourth-order valence-electron chi connectivity index (χ4n) is 0.978. The smallest absolute Gasteiger partial charge is 0.408 e. The van der Waals surface area contributed by atoms with Crippen LogP contribution < -0.4 is 5.32 Å². The summed E-state index contributed by atoms with van der Waals surface area (Å²) < 4.78 is 4.84. The predicted molar refractivity (Wildman–Crippen MR) is 57.6 cm³/mol. The van der Waals surface area contributed by atoms with Crippen molar-refractivity contribution < 1.29 is 29.3 Å². The molecule has 0 heterocycles. The molecule has 0 saturated carbocycles. The summed E-state index contributed by atoms with van der Waals surface area (Å²) >= 11 is 0. The number of nitrogens with one attached hydrogen (secondary N) is 1. The third kappa shape index (κ3) is 5.74. The van der Waals surface area contributed by atoms with Crippen LogP contribution in [0.1, 0.15) is 27.7 Å². The first-order chi connectivity index (χ1) is 7.54. The zero-order valence-corrected chi connectivity index (χ0v) is 10.2. The van der Waals surface area contributed by atoms with Gasteiger partial charge in [0.1, 0.15) is 11.6 Å². The minimum absolute atomic E-state index is 0.778. The fraction of sp³-hybridized carbons (Fsp3) is 0.700. The van der Waals surface area contributed by atoms with Crippen molar-refractivity contribution in [1.29, 1.82) is 0 Å². The van der Waals surface area contributed by atoms with Crippen LogP contribution >= 0.6 is 0 Å². The molecule has 0 bridgehead atoms. The molecular formula is C10H17NO6. The second-order valence-corrected chi connectivity index (χ2v) is 4.59. The molecule has 0 aliphatic rings. The van der Waals surface area contributed by atoms with Gasteiger partial charge < -0.3 is 20.3 Å². The average molecular weight is 247 g/mol. The molecule has 1 amide bonds. The fourth-order valence-corrected chi connectivity index (χ4v) is 0.978. The van der Waals surface area contributed by atoms with Crippen molar-refractivity contribution in [2.45, 2.75) is 39.3 Å². The van der Waals surface area contributed by atoms with Crippen LogP contribution in [0.3, 0.4) is 0 Å². The van der Waals surface area contributed by atoms with Gasteiger partial charge in [0.05, 0.1) is 5.92 Å². The van der Waals surface area contributed by atoms with Crippen molar-refractivity contribution in [1.82, 2.24) is 5.32 Å². The molecule has 0 fully saturated rings. The summed E-state index contributed by atoms with van der Waals surface area (Å²) in [6.45, 7) is 6.04. The van der Waals surface area contributed by atoms with Crippen molar-refractivity contribution in [3.8, 4) is 0 Å². The minimum atomic E-state index is -1.53. The van der Waals surface area contributed by atoms with Crippen LogP contribution in [0.2, 0.25) is 0 Å². The lowest BCUT2D eigenvalue weighted by atomic mass is 10.0. The number of hydrogen-bond acceptors (Lipinski definition) is 4. The van der Waals surface area contributed by atoms with Crippen LogP contribution in [0.4, 0.5) is 4.79 Å². The molecule has 3 N–H and O–H groups in total. The summed E-state index contributed by atoms with van der Waals surface area (Å²) in [7, 11) is 0. The largest absolute Gasteiger partial charge is 0.481 e. The highest BCUT2D eigenvalue weighted by atomic mass is 16.6. The van der Waals surface area contributed by atoms with Crippen LogP contribution in [-0.2, 0) is 14.3 Å². The maximum atomic E-state index is 11.3. The summed E-state index contributed by atoms with van der Waals surface area (Å²) in [5.41, 5.74) is -0.778. The van der Waals surface area contributed by atoms with Gasteiger partial charge in [-0.1, -0.05) is 0 Å². The Morgan fingerprint density at radius 2 is 1.59 bits per heavy atom. The van der Waals surface area contributed by atoms with E-state index in [1.165, 1.54) is 6.92 Å². The first-order valence-corrected chi connectivity index (χ1v) is 4.99. The van der Waals surface area contributed by atoms with Gasteiger partial charge in [0.15, 0.2) is 0 Å². The number of carbonyl (C=O) groups excluding carboxylic acids is 1. The normalized spacial score (nSPS) is 14.6. The van der Waals surface area contributed by atoms with Crippen LogP contribution in [0.5, 0.6) is 0 Å². The van der Waals surface area contributed by atoms with E-state index in [1.807, 2.05) is 5.32 Å². The predicted octanol–water partition coefficient (Wildman–Crippen LogP) is 0.685. The summed E-state index contributed by atoms with van der Waals surface area (Å²) in [6.07, 6.45) is -0.960. The zero-order chi connectivity index (χ0) is 13.8. The molecule has 0 unspecified atom stereocenters. The van der Waals surface area contributed by atoms with E-state index in [0.717, 1.165) is 0 Å². The molecule has 0 rings (SSSR count). The Bertz CT molecular complexity index is 319. The van der Waals surface area contributed by atoms with Gasteiger partial charge >= 0.3 is 18.0 Å². The van der Waals surface area contributed by atoms with E-state index in [2.05, 4.69) is 0 Å². The third-order valence-electron chi connectivity index (χ3n) is 1.83. The highest BCUT2D eigenvalue weighted by Crippen LogP contribution is 2.09. The van der Waals surface area contributed by atoms with Gasteiger partial charge in [0, 0.05) is 0 Å². The number of carbonyl (C=O) groups is 3. The van der Waals surface area contributed by atoms with Crippen molar-refractivity contribution in [2.75, 3.05) is 0 Å². The van der Waals surface area contributed by atoms with Crippen molar-refractivity contribution in [2.24, 2.45) is 5.92 Å². The van der Waals surface area contributed by atoms with Gasteiger partial charge in [0.2, 0.25) is 0 Å². The molecule has 0 aliphatic heterocycles.